The van der Waals surface area contributed by atoms with Gasteiger partial charge in [-0.05, 0) is 30.0 Å². The maximum atomic E-state index is 5.47. The first-order chi connectivity index (χ1) is 10.8. The largest absolute Gasteiger partial charge is 0.481 e. The molecule has 0 atom stereocenters. The molecule has 1 aliphatic rings. The van der Waals surface area contributed by atoms with Gasteiger partial charge >= 0.3 is 0 Å². The third-order valence-electron chi connectivity index (χ3n) is 4.01. The van der Waals surface area contributed by atoms with Crippen LogP contribution in [0.3, 0.4) is 0 Å². The molecule has 0 unspecified atom stereocenters. The van der Waals surface area contributed by atoms with Crippen LogP contribution in [0.2, 0.25) is 0 Å². The first-order valence-electron chi connectivity index (χ1n) is 7.86. The number of aliphatic imine (C=N–C) groups is 1. The molecule has 22 heavy (non-hydrogen) atoms. The van der Waals surface area contributed by atoms with Gasteiger partial charge in [0.15, 0.2) is 0 Å². The number of unbranched alkanes of at least 4 members (excludes halogenated alkanes) is 1. The highest BCUT2D eigenvalue weighted by molar-refractivity contribution is 6.11. The lowest BCUT2D eigenvalue weighted by molar-refractivity contribution is 0.406. The fourth-order valence-corrected chi connectivity index (χ4v) is 2.88. The Morgan fingerprint density at radius 3 is 2.32 bits per heavy atom. The van der Waals surface area contributed by atoms with E-state index >= 15 is 0 Å². The van der Waals surface area contributed by atoms with Crippen molar-refractivity contribution in [1.82, 2.24) is 0 Å². The molecule has 0 saturated heterocycles. The van der Waals surface area contributed by atoms with Crippen LogP contribution in [0.1, 0.15) is 42.9 Å². The molecule has 0 aromatic heterocycles. The first-order valence-corrected chi connectivity index (χ1v) is 7.86. The highest BCUT2D eigenvalue weighted by Crippen LogP contribution is 2.37. The van der Waals surface area contributed by atoms with Gasteiger partial charge < -0.3 is 4.74 Å². The molecule has 2 heteroatoms. The van der Waals surface area contributed by atoms with Gasteiger partial charge in [0.1, 0.15) is 0 Å². The van der Waals surface area contributed by atoms with E-state index in [0.717, 1.165) is 30.0 Å². The molecule has 0 N–H and O–H groups in total. The summed E-state index contributed by atoms with van der Waals surface area (Å²) in [6.45, 7) is 2.22. The molecule has 0 amide bonds. The van der Waals surface area contributed by atoms with Crippen LogP contribution in [-0.2, 0) is 4.74 Å². The number of hydrogen-bond acceptors (Lipinski definition) is 2. The Hall–Kier alpha value is -2.35. The van der Waals surface area contributed by atoms with Crippen molar-refractivity contribution in [2.75, 3.05) is 7.11 Å². The highest BCUT2D eigenvalue weighted by Gasteiger charge is 2.23. The summed E-state index contributed by atoms with van der Waals surface area (Å²) in [6.07, 6.45) is 3.37. The van der Waals surface area contributed by atoms with Crippen molar-refractivity contribution >= 4 is 17.2 Å². The maximum absolute atomic E-state index is 5.47. The lowest BCUT2D eigenvalue weighted by atomic mass is 9.95. The van der Waals surface area contributed by atoms with Gasteiger partial charge in [-0.2, -0.15) is 0 Å². The fraction of sp³-hybridized carbons (Fsp3) is 0.250. The highest BCUT2D eigenvalue weighted by atomic mass is 16.5. The number of ether oxygens (including phenoxy) is 1. The topological polar surface area (TPSA) is 21.6 Å². The zero-order chi connectivity index (χ0) is 15.4. The van der Waals surface area contributed by atoms with E-state index in [1.54, 1.807) is 7.11 Å². The second-order valence-electron chi connectivity index (χ2n) is 5.46. The zero-order valence-electron chi connectivity index (χ0n) is 13.2. The lowest BCUT2D eigenvalue weighted by Crippen LogP contribution is -1.99. The van der Waals surface area contributed by atoms with Crippen LogP contribution in [0.4, 0.5) is 0 Å². The van der Waals surface area contributed by atoms with Gasteiger partial charge in [0.05, 0.1) is 12.8 Å². The number of nitrogens with zero attached hydrogens (tertiary/aromatic N) is 1. The Bertz CT molecular complexity index is 713. The van der Waals surface area contributed by atoms with Crippen LogP contribution in [0.5, 0.6) is 0 Å². The molecular weight excluding hydrogens is 270 g/mol. The molecule has 0 saturated carbocycles. The van der Waals surface area contributed by atoms with E-state index in [2.05, 4.69) is 55.5 Å². The van der Waals surface area contributed by atoms with E-state index in [4.69, 9.17) is 9.73 Å². The number of methoxy groups -OCH3 is 1. The number of fused-ring (bicyclic) bond motifs is 1. The standard InChI is InChI=1S/C20H21NO/c1-3-4-12-16(15-10-6-5-7-11-15)19-17-13-8-9-14-18(17)20(21-19)22-2/h5-11,13-14H,3-4,12H2,1-2H3/b19-16-. The monoisotopic (exact) mass is 291 g/mol. The van der Waals surface area contributed by atoms with Gasteiger partial charge in [0.25, 0.3) is 0 Å². The van der Waals surface area contributed by atoms with Crippen molar-refractivity contribution in [2.45, 2.75) is 26.2 Å². The van der Waals surface area contributed by atoms with Gasteiger partial charge in [-0.15, -0.1) is 0 Å². The van der Waals surface area contributed by atoms with E-state index in [1.807, 2.05) is 6.07 Å². The van der Waals surface area contributed by atoms with E-state index < -0.39 is 0 Å². The van der Waals surface area contributed by atoms with Crippen LogP contribution in [0, 0.1) is 0 Å². The lowest BCUT2D eigenvalue weighted by Gasteiger charge is -2.11. The normalized spacial score (nSPS) is 15.3. The van der Waals surface area contributed by atoms with Crippen molar-refractivity contribution in [1.29, 1.82) is 0 Å². The van der Waals surface area contributed by atoms with Crippen LogP contribution in [-0.4, -0.2) is 13.0 Å². The van der Waals surface area contributed by atoms with Crippen molar-refractivity contribution in [3.8, 4) is 0 Å². The number of rotatable bonds is 4. The molecule has 2 nitrogen and oxygen atoms in total. The molecule has 0 aliphatic carbocycles. The third kappa shape index (κ3) is 2.69. The predicted octanol–water partition coefficient (Wildman–Crippen LogP) is 5.15. The molecule has 2 aromatic carbocycles. The van der Waals surface area contributed by atoms with Gasteiger partial charge in [0.2, 0.25) is 5.90 Å². The summed E-state index contributed by atoms with van der Waals surface area (Å²) in [5, 5.41) is 0. The summed E-state index contributed by atoms with van der Waals surface area (Å²) in [7, 11) is 1.69. The summed E-state index contributed by atoms with van der Waals surface area (Å²) < 4.78 is 5.47. The number of hydrogen-bond donors (Lipinski definition) is 0. The van der Waals surface area contributed by atoms with Crippen molar-refractivity contribution in [3.63, 3.8) is 0 Å². The average Bonchev–Trinajstić information content (AvgIpc) is 2.95. The molecular formula is C20H21NO. The molecule has 112 valence electrons. The Labute approximate surface area is 132 Å². The number of benzene rings is 2. The fourth-order valence-electron chi connectivity index (χ4n) is 2.88. The smallest absolute Gasteiger partial charge is 0.221 e. The van der Waals surface area contributed by atoms with Gasteiger partial charge in [0, 0.05) is 11.1 Å². The summed E-state index contributed by atoms with van der Waals surface area (Å²) in [4.78, 5) is 4.78. The minimum absolute atomic E-state index is 0.718. The summed E-state index contributed by atoms with van der Waals surface area (Å²) in [5.74, 6) is 0.718. The Morgan fingerprint density at radius 1 is 0.955 bits per heavy atom. The third-order valence-corrected chi connectivity index (χ3v) is 4.01. The minimum atomic E-state index is 0.718. The summed E-state index contributed by atoms with van der Waals surface area (Å²) in [5.41, 5.74) is 5.88. The average molecular weight is 291 g/mol. The first kappa shape index (κ1) is 14.6. The van der Waals surface area contributed by atoms with Crippen molar-refractivity contribution < 1.29 is 4.74 Å². The molecule has 0 bridgehead atoms. The molecule has 0 radical (unpaired) electrons. The van der Waals surface area contributed by atoms with Crippen LogP contribution in [0.15, 0.2) is 59.6 Å². The quantitative estimate of drug-likeness (QED) is 0.763. The number of allylic oxidation sites excluding steroid dienone is 1. The van der Waals surface area contributed by atoms with Crippen molar-refractivity contribution in [3.05, 3.63) is 71.3 Å². The molecule has 1 heterocycles. The van der Waals surface area contributed by atoms with Gasteiger partial charge in [-0.1, -0.05) is 61.9 Å². The van der Waals surface area contributed by atoms with Crippen molar-refractivity contribution in [2.24, 2.45) is 4.99 Å². The SMILES string of the molecule is CCCC/C(=C1/N=C(OC)c2ccccc21)c1ccccc1. The van der Waals surface area contributed by atoms with E-state index in [9.17, 15) is 0 Å². The van der Waals surface area contributed by atoms with Gasteiger partial charge in [-0.25, -0.2) is 4.99 Å². The molecule has 0 fully saturated rings. The van der Waals surface area contributed by atoms with E-state index in [-0.39, 0.29) is 0 Å². The Kier molecular flexibility index (Phi) is 4.38. The molecule has 3 rings (SSSR count). The Morgan fingerprint density at radius 2 is 1.64 bits per heavy atom. The van der Waals surface area contributed by atoms with Crippen LogP contribution < -0.4 is 0 Å². The Balaban J connectivity index is 2.17. The molecule has 2 aromatic rings. The maximum Gasteiger partial charge on any atom is 0.221 e. The zero-order valence-corrected chi connectivity index (χ0v) is 13.2. The second-order valence-corrected chi connectivity index (χ2v) is 5.46. The summed E-state index contributed by atoms with van der Waals surface area (Å²) >= 11 is 0. The van der Waals surface area contributed by atoms with E-state index in [0.29, 0.717) is 0 Å². The van der Waals surface area contributed by atoms with Crippen LogP contribution >= 0.6 is 0 Å². The van der Waals surface area contributed by atoms with Gasteiger partial charge in [-0.3, -0.25) is 0 Å². The van der Waals surface area contributed by atoms with E-state index in [1.165, 1.54) is 23.1 Å². The second kappa shape index (κ2) is 6.61. The van der Waals surface area contributed by atoms with Crippen LogP contribution in [0.25, 0.3) is 11.3 Å². The molecule has 1 aliphatic heterocycles. The minimum Gasteiger partial charge on any atom is -0.481 e. The predicted molar refractivity (Wildman–Crippen MR) is 92.8 cm³/mol. The summed E-state index contributed by atoms with van der Waals surface area (Å²) in [6, 6.07) is 18.9. The molecule has 0 spiro atoms.